The zero-order valence-electron chi connectivity index (χ0n) is 8.76. The molecule has 0 amide bonds. The monoisotopic (exact) mass is 184 g/mol. The molecule has 1 atom stereocenters. The van der Waals surface area contributed by atoms with Crippen molar-refractivity contribution in [2.75, 3.05) is 6.54 Å². The van der Waals surface area contributed by atoms with Crippen LogP contribution in [-0.2, 0) is 4.79 Å². The summed E-state index contributed by atoms with van der Waals surface area (Å²) < 4.78 is 0. The smallest absolute Gasteiger partial charge is 0.151 e. The van der Waals surface area contributed by atoms with Gasteiger partial charge in [-0.25, -0.2) is 0 Å². The maximum absolute atomic E-state index is 11.2. The lowest BCUT2D eigenvalue weighted by Crippen LogP contribution is -2.37. The molecule has 0 spiro atoms. The molecule has 0 aromatic heterocycles. The van der Waals surface area contributed by atoms with E-state index in [4.69, 9.17) is 5.73 Å². The molecular formula is C10H20N2O. The lowest BCUT2D eigenvalue weighted by Gasteiger charge is -2.19. The van der Waals surface area contributed by atoms with E-state index < -0.39 is 0 Å². The summed E-state index contributed by atoms with van der Waals surface area (Å²) in [6, 6.07) is -0.129. The van der Waals surface area contributed by atoms with Gasteiger partial charge in [-0.1, -0.05) is 20.4 Å². The number of ketones is 1. The summed E-state index contributed by atoms with van der Waals surface area (Å²) in [6.07, 6.45) is 0.828. The number of hydrogen-bond donors (Lipinski definition) is 2. The highest BCUT2D eigenvalue weighted by Crippen LogP contribution is 2.06. The van der Waals surface area contributed by atoms with E-state index in [0.29, 0.717) is 12.5 Å². The van der Waals surface area contributed by atoms with E-state index >= 15 is 0 Å². The molecule has 3 nitrogen and oxygen atoms in total. The molecule has 3 N–H and O–H groups in total. The van der Waals surface area contributed by atoms with Gasteiger partial charge < -0.3 is 11.1 Å². The quantitative estimate of drug-likeness (QED) is 0.649. The van der Waals surface area contributed by atoms with Crippen molar-refractivity contribution in [1.82, 2.24) is 5.32 Å². The summed E-state index contributed by atoms with van der Waals surface area (Å²) in [6.45, 7) is 9.85. The second-order valence-electron chi connectivity index (χ2n) is 3.74. The third-order valence-corrected chi connectivity index (χ3v) is 1.82. The van der Waals surface area contributed by atoms with Crippen molar-refractivity contribution < 1.29 is 4.79 Å². The van der Waals surface area contributed by atoms with Gasteiger partial charge in [0, 0.05) is 12.2 Å². The summed E-state index contributed by atoms with van der Waals surface area (Å²) in [5.41, 5.74) is 6.10. The van der Waals surface area contributed by atoms with Crippen LogP contribution in [0.15, 0.2) is 12.3 Å². The van der Waals surface area contributed by atoms with E-state index in [9.17, 15) is 4.79 Å². The third-order valence-electron chi connectivity index (χ3n) is 1.82. The molecule has 0 aromatic carbocycles. The fraction of sp³-hybridized carbons (Fsp3) is 0.700. The van der Waals surface area contributed by atoms with E-state index in [-0.39, 0.29) is 11.8 Å². The van der Waals surface area contributed by atoms with Crippen molar-refractivity contribution in [1.29, 1.82) is 0 Å². The number of nitrogens with one attached hydrogen (secondary N) is 1. The fourth-order valence-electron chi connectivity index (χ4n) is 1.10. The Balaban J connectivity index is 4.10. The van der Waals surface area contributed by atoms with E-state index in [1.165, 1.54) is 0 Å². The number of rotatable bonds is 6. The van der Waals surface area contributed by atoms with Crippen LogP contribution >= 0.6 is 0 Å². The van der Waals surface area contributed by atoms with Gasteiger partial charge >= 0.3 is 0 Å². The fourth-order valence-corrected chi connectivity index (χ4v) is 1.10. The van der Waals surface area contributed by atoms with Crippen LogP contribution in [0.25, 0.3) is 0 Å². The molecule has 0 aromatic rings. The van der Waals surface area contributed by atoms with Crippen LogP contribution in [0.1, 0.15) is 27.2 Å². The van der Waals surface area contributed by atoms with Crippen molar-refractivity contribution in [2.24, 2.45) is 11.7 Å². The Morgan fingerprint density at radius 1 is 1.54 bits per heavy atom. The van der Waals surface area contributed by atoms with E-state index in [1.54, 1.807) is 6.92 Å². The van der Waals surface area contributed by atoms with E-state index in [2.05, 4.69) is 25.7 Å². The Morgan fingerprint density at radius 3 is 2.38 bits per heavy atom. The van der Waals surface area contributed by atoms with Crippen molar-refractivity contribution in [3.63, 3.8) is 0 Å². The number of carbonyl (C=O) groups excluding carboxylic acids is 1. The summed E-state index contributed by atoms with van der Waals surface area (Å²) in [5, 5.41) is 3.03. The molecule has 0 fully saturated rings. The predicted octanol–water partition coefficient (Wildman–Crippen LogP) is 1.05. The van der Waals surface area contributed by atoms with Crippen molar-refractivity contribution in [3.05, 3.63) is 12.3 Å². The second kappa shape index (κ2) is 5.75. The number of carbonyl (C=O) groups is 1. The molecule has 13 heavy (non-hydrogen) atoms. The largest absolute Gasteiger partial charge is 0.378 e. The Bertz CT molecular complexity index is 187. The topological polar surface area (TPSA) is 55.1 Å². The third kappa shape index (κ3) is 5.42. The molecule has 0 aliphatic carbocycles. The first-order valence-electron chi connectivity index (χ1n) is 4.62. The summed E-state index contributed by atoms with van der Waals surface area (Å²) in [5.74, 6) is 0.635. The lowest BCUT2D eigenvalue weighted by molar-refractivity contribution is -0.119. The van der Waals surface area contributed by atoms with Gasteiger partial charge in [-0.3, -0.25) is 4.79 Å². The van der Waals surface area contributed by atoms with Gasteiger partial charge in [-0.05, 0) is 19.3 Å². The molecule has 76 valence electrons. The summed E-state index contributed by atoms with van der Waals surface area (Å²) in [4.78, 5) is 11.2. The van der Waals surface area contributed by atoms with Crippen molar-refractivity contribution in [2.45, 2.75) is 33.2 Å². The molecule has 0 heterocycles. The molecule has 0 bridgehead atoms. The molecular weight excluding hydrogens is 164 g/mol. The Hall–Kier alpha value is -0.830. The molecule has 1 unspecified atom stereocenters. The maximum Gasteiger partial charge on any atom is 0.151 e. The average Bonchev–Trinajstić information content (AvgIpc) is 2.02. The van der Waals surface area contributed by atoms with Gasteiger partial charge in [0.2, 0.25) is 0 Å². The maximum atomic E-state index is 11.2. The Labute approximate surface area is 80.4 Å². The highest BCUT2D eigenvalue weighted by atomic mass is 16.1. The molecule has 0 radical (unpaired) electrons. The average molecular weight is 184 g/mol. The number of Topliss-reactive ketones (excluding diaryl/α,β-unsaturated/α-hetero) is 1. The van der Waals surface area contributed by atoms with Crippen LogP contribution in [0, 0.1) is 5.92 Å². The van der Waals surface area contributed by atoms with Crippen LogP contribution in [-0.4, -0.2) is 18.4 Å². The first-order valence-corrected chi connectivity index (χ1v) is 4.62. The van der Waals surface area contributed by atoms with Crippen LogP contribution in [0.5, 0.6) is 0 Å². The molecule has 3 heteroatoms. The van der Waals surface area contributed by atoms with Gasteiger partial charge in [0.15, 0.2) is 5.78 Å². The molecule has 0 aliphatic heterocycles. The molecule has 0 saturated heterocycles. The zero-order chi connectivity index (χ0) is 10.4. The lowest BCUT2D eigenvalue weighted by atomic mass is 10.0. The van der Waals surface area contributed by atoms with Gasteiger partial charge in [-0.2, -0.15) is 0 Å². The number of nitrogens with two attached hydrogens (primary N) is 1. The normalized spacial score (nSPS) is 12.7. The standard InChI is InChI=1S/C10H20N2O/c1-7(2)5-10(9(4)13)12-8(3)6-11/h7,10,12H,3,5-6,11H2,1-2,4H3. The second-order valence-corrected chi connectivity index (χ2v) is 3.74. The van der Waals surface area contributed by atoms with Gasteiger partial charge in [0.1, 0.15) is 0 Å². The van der Waals surface area contributed by atoms with Crippen LogP contribution in [0.2, 0.25) is 0 Å². The summed E-state index contributed by atoms with van der Waals surface area (Å²) in [7, 11) is 0. The van der Waals surface area contributed by atoms with Crippen molar-refractivity contribution in [3.8, 4) is 0 Å². The minimum Gasteiger partial charge on any atom is -0.378 e. The van der Waals surface area contributed by atoms with Gasteiger partial charge in [0.05, 0.1) is 6.04 Å². The van der Waals surface area contributed by atoms with Gasteiger partial charge in [0.25, 0.3) is 0 Å². The highest BCUT2D eigenvalue weighted by molar-refractivity contribution is 5.81. The predicted molar refractivity (Wildman–Crippen MR) is 55.3 cm³/mol. The van der Waals surface area contributed by atoms with E-state index in [1.807, 2.05) is 0 Å². The van der Waals surface area contributed by atoms with Crippen LogP contribution in [0.3, 0.4) is 0 Å². The SMILES string of the molecule is C=C(CN)NC(CC(C)C)C(C)=O. The van der Waals surface area contributed by atoms with E-state index in [0.717, 1.165) is 12.1 Å². The Kier molecular flexibility index (Phi) is 5.39. The van der Waals surface area contributed by atoms with Gasteiger partial charge in [-0.15, -0.1) is 0 Å². The molecule has 0 aliphatic rings. The van der Waals surface area contributed by atoms with Crippen molar-refractivity contribution >= 4 is 5.78 Å². The Morgan fingerprint density at radius 2 is 2.08 bits per heavy atom. The summed E-state index contributed by atoms with van der Waals surface area (Å²) >= 11 is 0. The highest BCUT2D eigenvalue weighted by Gasteiger charge is 2.15. The number of hydrogen-bond acceptors (Lipinski definition) is 3. The van der Waals surface area contributed by atoms with Crippen LogP contribution < -0.4 is 11.1 Å². The molecule has 0 saturated carbocycles. The van der Waals surface area contributed by atoms with Crippen LogP contribution in [0.4, 0.5) is 0 Å². The molecule has 0 rings (SSSR count). The minimum absolute atomic E-state index is 0.129. The first kappa shape index (κ1) is 12.2. The zero-order valence-corrected chi connectivity index (χ0v) is 8.76. The minimum atomic E-state index is -0.129. The first-order chi connectivity index (χ1) is 5.97.